The normalized spacial score (nSPS) is 12.3. The van der Waals surface area contributed by atoms with E-state index in [-0.39, 0.29) is 22.0 Å². The minimum atomic E-state index is -4.62. The van der Waals surface area contributed by atoms with Gasteiger partial charge in [-0.2, -0.15) is 13.2 Å². The quantitative estimate of drug-likeness (QED) is 0.757. The molecular weight excluding hydrogens is 353 g/mol. The van der Waals surface area contributed by atoms with Crippen LogP contribution in [0.15, 0.2) is 59.5 Å². The van der Waals surface area contributed by atoms with Gasteiger partial charge in [-0.3, -0.25) is 0 Å². The van der Waals surface area contributed by atoms with E-state index in [1.165, 1.54) is 24.3 Å². The van der Waals surface area contributed by atoms with E-state index >= 15 is 0 Å². The molecule has 0 aliphatic carbocycles. The summed E-state index contributed by atoms with van der Waals surface area (Å²) in [5, 5.41) is 0. The van der Waals surface area contributed by atoms with Gasteiger partial charge >= 0.3 is 6.18 Å². The zero-order valence-corrected chi connectivity index (χ0v) is 13.8. The molecule has 1 N–H and O–H groups in total. The molecule has 3 rings (SSSR count). The lowest BCUT2D eigenvalue weighted by atomic mass is 10.1. The van der Waals surface area contributed by atoms with Gasteiger partial charge in [0, 0.05) is 17.4 Å². The number of nitrogens with zero attached hydrogens (tertiary/aromatic N) is 1. The molecule has 0 atom stereocenters. The summed E-state index contributed by atoms with van der Waals surface area (Å²) >= 11 is 0. The molecule has 25 heavy (non-hydrogen) atoms. The predicted molar refractivity (Wildman–Crippen MR) is 87.6 cm³/mol. The topological polar surface area (TPSA) is 62.8 Å². The van der Waals surface area contributed by atoms with Gasteiger partial charge in [-0.25, -0.2) is 13.4 Å². The molecule has 2 aromatic carbocycles. The van der Waals surface area contributed by atoms with Crippen molar-refractivity contribution in [2.45, 2.75) is 11.1 Å². The Morgan fingerprint density at radius 3 is 2.04 bits per heavy atom. The van der Waals surface area contributed by atoms with Gasteiger partial charge in [0.1, 0.15) is 17.2 Å². The van der Waals surface area contributed by atoms with Crippen molar-refractivity contribution >= 4 is 9.84 Å². The van der Waals surface area contributed by atoms with Gasteiger partial charge in [0.15, 0.2) is 9.84 Å². The molecule has 1 heterocycles. The third-order valence-corrected chi connectivity index (χ3v) is 4.72. The summed E-state index contributed by atoms with van der Waals surface area (Å²) in [5.74, 6) is 0.0927. The van der Waals surface area contributed by atoms with Crippen molar-refractivity contribution in [2.24, 2.45) is 0 Å². The van der Waals surface area contributed by atoms with E-state index in [4.69, 9.17) is 0 Å². The van der Waals surface area contributed by atoms with Crippen molar-refractivity contribution in [1.82, 2.24) is 9.97 Å². The van der Waals surface area contributed by atoms with Gasteiger partial charge in [0.25, 0.3) is 0 Å². The summed E-state index contributed by atoms with van der Waals surface area (Å²) in [5.41, 5.74) is -0.546. The van der Waals surface area contributed by atoms with Crippen LogP contribution in [0.4, 0.5) is 13.2 Å². The molecule has 0 unspecified atom stereocenters. The molecule has 0 fully saturated rings. The Labute approximate surface area is 142 Å². The maximum absolute atomic E-state index is 13.4. The first-order chi connectivity index (χ1) is 11.7. The number of hydrogen-bond acceptors (Lipinski definition) is 3. The van der Waals surface area contributed by atoms with Gasteiger partial charge in [0.2, 0.25) is 0 Å². The van der Waals surface area contributed by atoms with Gasteiger partial charge in [-0.05, 0) is 12.1 Å². The standard InChI is InChI=1S/C17H13F3N2O2S/c1-25(23,24)13-9-7-11(8-10-13)14-15(17(18,19)20)22-16(21-14)12-5-3-2-4-6-12/h2-10H,1H3,(H,21,22). The van der Waals surface area contributed by atoms with Crippen molar-refractivity contribution in [3.05, 3.63) is 60.3 Å². The molecule has 130 valence electrons. The lowest BCUT2D eigenvalue weighted by molar-refractivity contribution is -0.140. The number of benzene rings is 2. The van der Waals surface area contributed by atoms with Gasteiger partial charge in [-0.1, -0.05) is 42.5 Å². The fraction of sp³-hybridized carbons (Fsp3) is 0.118. The van der Waals surface area contributed by atoms with E-state index in [9.17, 15) is 21.6 Å². The van der Waals surface area contributed by atoms with E-state index in [2.05, 4.69) is 9.97 Å². The largest absolute Gasteiger partial charge is 0.433 e. The van der Waals surface area contributed by atoms with Gasteiger partial charge in [-0.15, -0.1) is 0 Å². The van der Waals surface area contributed by atoms with Crippen LogP contribution in [0.1, 0.15) is 5.69 Å². The molecule has 0 spiro atoms. The zero-order chi connectivity index (χ0) is 18.2. The zero-order valence-electron chi connectivity index (χ0n) is 13.0. The lowest BCUT2D eigenvalue weighted by Crippen LogP contribution is -2.07. The number of sulfone groups is 1. The Morgan fingerprint density at radius 2 is 1.52 bits per heavy atom. The van der Waals surface area contributed by atoms with Crippen LogP contribution >= 0.6 is 0 Å². The second-order valence-corrected chi connectivity index (χ2v) is 7.49. The number of alkyl halides is 3. The van der Waals surface area contributed by atoms with E-state index in [0.717, 1.165) is 6.26 Å². The van der Waals surface area contributed by atoms with Crippen molar-refractivity contribution in [2.75, 3.05) is 6.26 Å². The van der Waals surface area contributed by atoms with E-state index < -0.39 is 21.7 Å². The monoisotopic (exact) mass is 366 g/mol. The molecule has 4 nitrogen and oxygen atoms in total. The third-order valence-electron chi connectivity index (χ3n) is 3.59. The van der Waals surface area contributed by atoms with Crippen LogP contribution in [0.3, 0.4) is 0 Å². The number of hydrogen-bond donors (Lipinski definition) is 1. The Kier molecular flexibility index (Phi) is 4.16. The maximum Gasteiger partial charge on any atom is 0.433 e. The highest BCUT2D eigenvalue weighted by Gasteiger charge is 2.37. The molecule has 3 aromatic rings. The van der Waals surface area contributed by atoms with Crippen molar-refractivity contribution < 1.29 is 21.6 Å². The summed E-state index contributed by atoms with van der Waals surface area (Å²) in [6.45, 7) is 0. The SMILES string of the molecule is CS(=O)(=O)c1ccc(-c2nc(-c3ccccc3)[nH]c2C(F)(F)F)cc1. The fourth-order valence-corrected chi connectivity index (χ4v) is 3.01. The highest BCUT2D eigenvalue weighted by Crippen LogP contribution is 2.37. The number of H-pyrrole nitrogens is 1. The Hall–Kier alpha value is -2.61. The van der Waals surface area contributed by atoms with Crippen molar-refractivity contribution in [3.63, 3.8) is 0 Å². The molecule has 0 saturated heterocycles. The van der Waals surface area contributed by atoms with Crippen molar-refractivity contribution in [3.8, 4) is 22.6 Å². The number of halogens is 3. The van der Waals surface area contributed by atoms with Gasteiger partial charge in [0.05, 0.1) is 4.90 Å². The molecule has 0 saturated carbocycles. The summed E-state index contributed by atoms with van der Waals surface area (Å²) in [6.07, 6.45) is -3.59. The smallest absolute Gasteiger partial charge is 0.334 e. The molecular formula is C17H13F3N2O2S. The average molecular weight is 366 g/mol. The molecule has 1 aromatic heterocycles. The van der Waals surface area contributed by atoms with Crippen LogP contribution in [-0.2, 0) is 16.0 Å². The average Bonchev–Trinajstić information content (AvgIpc) is 3.01. The van der Waals surface area contributed by atoms with Crippen LogP contribution in [0.5, 0.6) is 0 Å². The van der Waals surface area contributed by atoms with Crippen LogP contribution in [0.2, 0.25) is 0 Å². The summed E-state index contributed by atoms with van der Waals surface area (Å²) in [7, 11) is -3.43. The Balaban J connectivity index is 2.13. The molecule has 0 amide bonds. The van der Waals surface area contributed by atoms with Gasteiger partial charge < -0.3 is 4.98 Å². The lowest BCUT2D eigenvalue weighted by Gasteiger charge is -2.07. The molecule has 0 aliphatic rings. The van der Waals surface area contributed by atoms with Crippen LogP contribution in [0, 0.1) is 0 Å². The first-order valence-corrected chi connectivity index (χ1v) is 9.08. The first kappa shape index (κ1) is 17.2. The molecule has 8 heteroatoms. The second-order valence-electron chi connectivity index (χ2n) is 5.47. The van der Waals surface area contributed by atoms with E-state index in [1.807, 2.05) is 0 Å². The van der Waals surface area contributed by atoms with Crippen LogP contribution < -0.4 is 0 Å². The van der Waals surface area contributed by atoms with Crippen molar-refractivity contribution in [1.29, 1.82) is 0 Å². The maximum atomic E-state index is 13.4. The highest BCUT2D eigenvalue weighted by atomic mass is 32.2. The summed E-state index contributed by atoms with van der Waals surface area (Å²) < 4.78 is 63.1. The number of imidazole rings is 1. The first-order valence-electron chi connectivity index (χ1n) is 7.19. The van der Waals surface area contributed by atoms with Crippen LogP contribution in [0.25, 0.3) is 22.6 Å². The fourth-order valence-electron chi connectivity index (χ4n) is 2.38. The third kappa shape index (κ3) is 3.58. The van der Waals surface area contributed by atoms with E-state index in [1.54, 1.807) is 30.3 Å². The predicted octanol–water partition coefficient (Wildman–Crippen LogP) is 4.17. The van der Waals surface area contributed by atoms with E-state index in [0.29, 0.717) is 5.56 Å². The molecule has 0 radical (unpaired) electrons. The molecule has 0 aliphatic heterocycles. The summed E-state index contributed by atoms with van der Waals surface area (Å²) in [4.78, 5) is 6.44. The molecule has 0 bridgehead atoms. The number of nitrogens with one attached hydrogen (secondary N) is 1. The summed E-state index contributed by atoms with van der Waals surface area (Å²) in [6, 6.07) is 13.6. The van der Waals surface area contributed by atoms with Crippen LogP contribution in [-0.4, -0.2) is 24.6 Å². The Morgan fingerprint density at radius 1 is 0.920 bits per heavy atom. The Bertz CT molecular complexity index is 993. The number of aromatic amines is 1. The minimum Gasteiger partial charge on any atom is -0.334 e. The number of rotatable bonds is 3. The second kappa shape index (κ2) is 6.03. The number of aromatic nitrogens is 2. The minimum absolute atomic E-state index is 0.0311. The highest BCUT2D eigenvalue weighted by molar-refractivity contribution is 7.90.